The Balaban J connectivity index is 1.95. The van der Waals surface area contributed by atoms with E-state index in [9.17, 15) is 0 Å². The quantitative estimate of drug-likeness (QED) is 0.350. The van der Waals surface area contributed by atoms with Crippen molar-refractivity contribution in [2.24, 2.45) is 5.10 Å². The minimum absolute atomic E-state index is 0.448. The molecule has 5 heteroatoms. The first kappa shape index (κ1) is 17.7. The minimum Gasteiger partial charge on any atom is -0.488 e. The summed E-state index contributed by atoms with van der Waals surface area (Å²) in [4.78, 5) is 0. The minimum atomic E-state index is 0.448. The molecular weight excluding hydrogens is 318 g/mol. The van der Waals surface area contributed by atoms with Crippen molar-refractivity contribution in [2.75, 3.05) is 6.54 Å². The monoisotopic (exact) mass is 339 g/mol. The molecule has 0 atom stereocenters. The van der Waals surface area contributed by atoms with Crippen LogP contribution in [0.1, 0.15) is 16.7 Å². The van der Waals surface area contributed by atoms with E-state index in [2.05, 4.69) is 53.6 Å². The Kier molecular flexibility index (Phi) is 6.98. The van der Waals surface area contributed by atoms with Gasteiger partial charge >= 0.3 is 0 Å². The molecule has 124 valence electrons. The van der Waals surface area contributed by atoms with Gasteiger partial charge in [0.15, 0.2) is 5.11 Å². The molecule has 0 saturated heterocycles. The molecule has 2 N–H and O–H groups in total. The largest absolute Gasteiger partial charge is 0.488 e. The third-order valence-electron chi connectivity index (χ3n) is 3.21. The first-order chi connectivity index (χ1) is 11.7. The highest BCUT2D eigenvalue weighted by Gasteiger charge is 2.01. The summed E-state index contributed by atoms with van der Waals surface area (Å²) >= 11 is 5.08. The number of benzene rings is 2. The number of nitrogens with one attached hydrogen (secondary N) is 2. The molecule has 0 spiro atoms. The van der Waals surface area contributed by atoms with Crippen LogP contribution in [-0.4, -0.2) is 17.9 Å². The second-order valence-corrected chi connectivity index (χ2v) is 5.59. The van der Waals surface area contributed by atoms with Crippen LogP contribution in [0.3, 0.4) is 0 Å². The van der Waals surface area contributed by atoms with E-state index in [4.69, 9.17) is 17.0 Å². The van der Waals surface area contributed by atoms with Crippen LogP contribution < -0.4 is 15.5 Å². The molecule has 0 aromatic heterocycles. The standard InChI is InChI=1S/C19H21N3OS/c1-3-12-20-19(24)22-21-13-17-6-4-5-7-18(17)23-14-16-10-8-15(2)9-11-16/h3-11,13H,1,12,14H2,2H3,(H2,20,22,24). The fraction of sp³-hybridized carbons (Fsp3) is 0.158. The van der Waals surface area contributed by atoms with Crippen LogP contribution in [0.5, 0.6) is 5.75 Å². The van der Waals surface area contributed by atoms with E-state index in [-0.39, 0.29) is 0 Å². The van der Waals surface area contributed by atoms with E-state index in [1.165, 1.54) is 5.56 Å². The van der Waals surface area contributed by atoms with Gasteiger partial charge < -0.3 is 10.1 Å². The van der Waals surface area contributed by atoms with Crippen LogP contribution in [0.2, 0.25) is 0 Å². The third-order valence-corrected chi connectivity index (χ3v) is 3.45. The molecule has 0 amide bonds. The van der Waals surface area contributed by atoms with Gasteiger partial charge in [0.05, 0.1) is 6.21 Å². The van der Waals surface area contributed by atoms with E-state index in [1.54, 1.807) is 12.3 Å². The average Bonchev–Trinajstić information content (AvgIpc) is 2.60. The predicted molar refractivity (Wildman–Crippen MR) is 103 cm³/mol. The second-order valence-electron chi connectivity index (χ2n) is 5.18. The topological polar surface area (TPSA) is 45.7 Å². The fourth-order valence-electron chi connectivity index (χ4n) is 1.93. The maximum absolute atomic E-state index is 5.90. The molecule has 0 aliphatic rings. The maximum Gasteiger partial charge on any atom is 0.187 e. The van der Waals surface area contributed by atoms with Crippen LogP contribution >= 0.6 is 12.2 Å². The lowest BCUT2D eigenvalue weighted by atomic mass is 10.1. The zero-order valence-electron chi connectivity index (χ0n) is 13.7. The third kappa shape index (κ3) is 5.85. The van der Waals surface area contributed by atoms with Crippen molar-refractivity contribution in [2.45, 2.75) is 13.5 Å². The van der Waals surface area contributed by atoms with Crippen LogP contribution in [-0.2, 0) is 6.61 Å². The summed E-state index contributed by atoms with van der Waals surface area (Å²) < 4.78 is 5.90. The lowest BCUT2D eigenvalue weighted by Gasteiger charge is -2.09. The Morgan fingerprint density at radius 1 is 1.21 bits per heavy atom. The molecule has 2 aromatic carbocycles. The van der Waals surface area contributed by atoms with E-state index in [0.717, 1.165) is 16.9 Å². The Morgan fingerprint density at radius 2 is 1.96 bits per heavy atom. The lowest BCUT2D eigenvalue weighted by molar-refractivity contribution is 0.306. The molecule has 0 unspecified atom stereocenters. The van der Waals surface area contributed by atoms with Crippen molar-refractivity contribution >= 4 is 23.5 Å². The van der Waals surface area contributed by atoms with Crippen LogP contribution in [0.25, 0.3) is 0 Å². The van der Waals surface area contributed by atoms with Crippen molar-refractivity contribution in [3.63, 3.8) is 0 Å². The number of ether oxygens (including phenoxy) is 1. The van der Waals surface area contributed by atoms with Gasteiger partial charge in [0.1, 0.15) is 12.4 Å². The SMILES string of the molecule is C=CCNC(=S)NN=Cc1ccccc1OCc1ccc(C)cc1. The van der Waals surface area contributed by atoms with Gasteiger partial charge in [0.25, 0.3) is 0 Å². The highest BCUT2D eigenvalue weighted by Crippen LogP contribution is 2.17. The van der Waals surface area contributed by atoms with Gasteiger partial charge in [-0.2, -0.15) is 5.10 Å². The lowest BCUT2D eigenvalue weighted by Crippen LogP contribution is -2.31. The van der Waals surface area contributed by atoms with Gasteiger partial charge in [0.2, 0.25) is 0 Å². The molecule has 2 aromatic rings. The van der Waals surface area contributed by atoms with Gasteiger partial charge in [-0.25, -0.2) is 0 Å². The molecule has 0 radical (unpaired) electrons. The molecule has 2 rings (SSSR count). The molecule has 0 saturated carbocycles. The van der Waals surface area contributed by atoms with Crippen molar-refractivity contribution in [1.29, 1.82) is 0 Å². The Bertz CT molecular complexity index is 711. The molecule has 0 aliphatic carbocycles. The number of hydrazone groups is 1. The van der Waals surface area contributed by atoms with Gasteiger partial charge in [-0.1, -0.05) is 48.0 Å². The van der Waals surface area contributed by atoms with Crippen LogP contribution in [0.4, 0.5) is 0 Å². The molecule has 0 bridgehead atoms. The van der Waals surface area contributed by atoms with Crippen LogP contribution in [0, 0.1) is 6.92 Å². The van der Waals surface area contributed by atoms with Gasteiger partial charge in [0, 0.05) is 12.1 Å². The van der Waals surface area contributed by atoms with Crippen molar-refractivity contribution in [1.82, 2.24) is 10.7 Å². The summed E-state index contributed by atoms with van der Waals surface area (Å²) in [6.07, 6.45) is 3.41. The summed E-state index contributed by atoms with van der Waals surface area (Å²) in [5.74, 6) is 0.772. The number of nitrogens with zero attached hydrogens (tertiary/aromatic N) is 1. The van der Waals surface area contributed by atoms with Crippen LogP contribution in [0.15, 0.2) is 66.3 Å². The smallest absolute Gasteiger partial charge is 0.187 e. The molecule has 4 nitrogen and oxygen atoms in total. The maximum atomic E-state index is 5.90. The van der Waals surface area contributed by atoms with E-state index < -0.39 is 0 Å². The van der Waals surface area contributed by atoms with Gasteiger partial charge in [-0.15, -0.1) is 6.58 Å². The molecule has 0 heterocycles. The molecule has 0 aliphatic heterocycles. The number of hydrogen-bond donors (Lipinski definition) is 2. The highest BCUT2D eigenvalue weighted by atomic mass is 32.1. The number of para-hydroxylation sites is 1. The Morgan fingerprint density at radius 3 is 2.71 bits per heavy atom. The Labute approximate surface area is 148 Å². The summed E-state index contributed by atoms with van der Waals surface area (Å²) in [5, 5.41) is 7.52. The normalized spacial score (nSPS) is 10.4. The van der Waals surface area contributed by atoms with E-state index >= 15 is 0 Å². The zero-order valence-corrected chi connectivity index (χ0v) is 14.5. The summed E-state index contributed by atoms with van der Waals surface area (Å²) in [5.41, 5.74) is 6.00. The summed E-state index contributed by atoms with van der Waals surface area (Å²) in [7, 11) is 0. The molecule has 0 fully saturated rings. The number of hydrogen-bond acceptors (Lipinski definition) is 3. The van der Waals surface area contributed by atoms with Crippen molar-refractivity contribution in [3.05, 3.63) is 77.9 Å². The highest BCUT2D eigenvalue weighted by molar-refractivity contribution is 7.80. The summed E-state index contributed by atoms with van der Waals surface area (Å²) in [6.45, 7) is 6.79. The predicted octanol–water partition coefficient (Wildman–Crippen LogP) is 3.56. The van der Waals surface area contributed by atoms with Gasteiger partial charge in [-0.3, -0.25) is 5.43 Å². The van der Waals surface area contributed by atoms with Gasteiger partial charge in [-0.05, 0) is 36.8 Å². The van der Waals surface area contributed by atoms with E-state index in [1.807, 2.05) is 24.3 Å². The number of aryl methyl sites for hydroxylation is 1. The summed E-state index contributed by atoms with van der Waals surface area (Å²) in [6, 6.07) is 16.0. The molecular formula is C19H21N3OS. The Hall–Kier alpha value is -2.66. The van der Waals surface area contributed by atoms with E-state index in [0.29, 0.717) is 18.3 Å². The van der Waals surface area contributed by atoms with Crippen molar-refractivity contribution < 1.29 is 4.74 Å². The first-order valence-corrected chi connectivity index (χ1v) is 8.05. The first-order valence-electron chi connectivity index (χ1n) is 7.64. The molecule has 24 heavy (non-hydrogen) atoms. The average molecular weight is 339 g/mol. The second kappa shape index (κ2) is 9.47. The number of rotatable bonds is 7. The van der Waals surface area contributed by atoms with Crippen molar-refractivity contribution in [3.8, 4) is 5.75 Å². The fourth-order valence-corrected chi connectivity index (χ4v) is 2.06. The zero-order chi connectivity index (χ0) is 17.2. The number of thiocarbonyl (C=S) groups is 1.